The smallest absolute Gasteiger partial charge is 0.163 e. The first-order valence-electron chi connectivity index (χ1n) is 14.6. The second kappa shape index (κ2) is 10.2. The molecule has 2 aliphatic rings. The van der Waals surface area contributed by atoms with Gasteiger partial charge in [0.2, 0.25) is 0 Å². The van der Waals surface area contributed by atoms with Crippen molar-refractivity contribution in [3.8, 4) is 11.4 Å². The molecule has 4 heterocycles. The molecule has 4 aromatic rings. The summed E-state index contributed by atoms with van der Waals surface area (Å²) in [6, 6.07) is 13.2. The van der Waals surface area contributed by atoms with Crippen LogP contribution < -0.4 is 9.80 Å². The summed E-state index contributed by atoms with van der Waals surface area (Å²) in [4.78, 5) is 15.6. The summed E-state index contributed by atoms with van der Waals surface area (Å²) in [6.45, 7) is 14.9. The Morgan fingerprint density at radius 2 is 1.88 bits per heavy atom. The molecule has 1 atom stereocenters. The summed E-state index contributed by atoms with van der Waals surface area (Å²) >= 11 is 0. The highest BCUT2D eigenvalue weighted by atomic mass is 16.5. The molecule has 0 saturated carbocycles. The van der Waals surface area contributed by atoms with Crippen molar-refractivity contribution >= 4 is 22.4 Å². The maximum absolute atomic E-state index is 5.89. The number of aromatic nitrogens is 4. The highest BCUT2D eigenvalue weighted by Crippen LogP contribution is 2.39. The predicted molar refractivity (Wildman–Crippen MR) is 163 cm³/mol. The van der Waals surface area contributed by atoms with Gasteiger partial charge in [0, 0.05) is 74.4 Å². The minimum Gasteiger partial charge on any atom is -0.381 e. The maximum atomic E-state index is 5.89. The summed E-state index contributed by atoms with van der Waals surface area (Å²) in [6.07, 6.45) is 4.03. The fourth-order valence-corrected chi connectivity index (χ4v) is 6.68. The van der Waals surface area contributed by atoms with Crippen molar-refractivity contribution < 1.29 is 4.74 Å². The van der Waals surface area contributed by atoms with Crippen molar-refractivity contribution in [3.63, 3.8) is 0 Å². The van der Waals surface area contributed by atoms with Crippen LogP contribution in [0.4, 0.5) is 11.5 Å². The number of fused-ring (bicyclic) bond motifs is 2. The monoisotopic (exact) mass is 538 g/mol. The number of rotatable bonds is 5. The summed E-state index contributed by atoms with van der Waals surface area (Å²) in [5, 5.41) is 5.63. The van der Waals surface area contributed by atoms with Crippen LogP contribution in [0.5, 0.6) is 0 Å². The Morgan fingerprint density at radius 1 is 1.05 bits per heavy atom. The van der Waals surface area contributed by atoms with E-state index in [4.69, 9.17) is 14.7 Å². The molecule has 0 spiro atoms. The number of hydrogen-bond donors (Lipinski definition) is 0. The van der Waals surface area contributed by atoms with Gasteiger partial charge in [0.25, 0.3) is 0 Å². The molecule has 0 amide bonds. The average Bonchev–Trinajstić information content (AvgIpc) is 3.32. The van der Waals surface area contributed by atoms with E-state index in [1.807, 2.05) is 25.0 Å². The maximum Gasteiger partial charge on any atom is 0.163 e. The molecule has 40 heavy (non-hydrogen) atoms. The molecule has 0 aliphatic carbocycles. The largest absolute Gasteiger partial charge is 0.381 e. The molecule has 210 valence electrons. The molecule has 2 aliphatic heterocycles. The van der Waals surface area contributed by atoms with Crippen LogP contribution in [0.3, 0.4) is 0 Å². The third-order valence-electron chi connectivity index (χ3n) is 9.00. The third kappa shape index (κ3) is 4.64. The molecular weight excluding hydrogens is 496 g/mol. The summed E-state index contributed by atoms with van der Waals surface area (Å²) in [5.74, 6) is 2.36. The van der Waals surface area contributed by atoms with E-state index in [2.05, 4.69) is 85.9 Å². The van der Waals surface area contributed by atoms with E-state index in [0.717, 1.165) is 67.1 Å². The molecule has 6 rings (SSSR count). The number of nitrogens with zero attached hydrogens (tertiary/aromatic N) is 6. The second-order valence-corrected chi connectivity index (χ2v) is 12.6. The zero-order chi connectivity index (χ0) is 28.2. The van der Waals surface area contributed by atoms with Gasteiger partial charge in [0.05, 0.1) is 23.5 Å². The van der Waals surface area contributed by atoms with E-state index < -0.39 is 0 Å². The quantitative estimate of drug-likeness (QED) is 0.298. The number of methoxy groups -OCH3 is 1. The van der Waals surface area contributed by atoms with Gasteiger partial charge in [0.15, 0.2) is 5.82 Å². The predicted octanol–water partition coefficient (Wildman–Crippen LogP) is 6.28. The van der Waals surface area contributed by atoms with Crippen LogP contribution in [0.1, 0.15) is 62.4 Å². The van der Waals surface area contributed by atoms with E-state index in [1.165, 1.54) is 28.1 Å². The van der Waals surface area contributed by atoms with Crippen LogP contribution in [0, 0.1) is 12.3 Å². The Morgan fingerprint density at radius 3 is 2.62 bits per heavy atom. The lowest BCUT2D eigenvalue weighted by molar-refractivity contribution is -0.00647. The van der Waals surface area contributed by atoms with Gasteiger partial charge in [0.1, 0.15) is 5.82 Å². The molecule has 0 N–H and O–H groups in total. The molecule has 1 saturated heterocycles. The Kier molecular flexibility index (Phi) is 6.81. The lowest BCUT2D eigenvalue weighted by Gasteiger charge is -2.45. The van der Waals surface area contributed by atoms with Gasteiger partial charge in [-0.05, 0) is 42.5 Å². The van der Waals surface area contributed by atoms with Crippen molar-refractivity contribution in [2.45, 2.75) is 66.0 Å². The number of piperidine rings is 1. The van der Waals surface area contributed by atoms with Crippen LogP contribution in [-0.2, 0) is 24.8 Å². The van der Waals surface area contributed by atoms with Crippen molar-refractivity contribution in [2.75, 3.05) is 36.5 Å². The minimum atomic E-state index is 0.0174. The molecule has 0 unspecified atom stereocenters. The Hall–Kier alpha value is -3.45. The highest BCUT2D eigenvalue weighted by molar-refractivity contribution is 5.92. The van der Waals surface area contributed by atoms with Gasteiger partial charge in [-0.2, -0.15) is 5.10 Å². The Balaban J connectivity index is 1.47. The van der Waals surface area contributed by atoms with Gasteiger partial charge in [-0.3, -0.25) is 4.68 Å². The van der Waals surface area contributed by atoms with Gasteiger partial charge in [-0.1, -0.05) is 52.0 Å². The summed E-state index contributed by atoms with van der Waals surface area (Å²) < 4.78 is 7.83. The standard InChI is InChI=1S/C33H42N6O/c1-21(2)23-12-11-22(3)28(17-23)38-15-13-27-26(19-38)32(39-16-14-29(40-7)33(4,5)20-39)36-31(35-27)25-10-8-9-24-18-34-37(6)30(24)25/h8-12,17-18,21,29H,13-16,19-20H2,1-7H3/t29-/m0/s1. The van der Waals surface area contributed by atoms with Crippen LogP contribution in [0.15, 0.2) is 42.6 Å². The number of anilines is 2. The number of ether oxygens (including phenoxy) is 1. The van der Waals surface area contributed by atoms with E-state index in [1.54, 1.807) is 0 Å². The fraction of sp³-hybridized carbons (Fsp3) is 0.485. The SMILES string of the molecule is CO[C@H]1CCN(c2nc(-c3cccc4cnn(C)c34)nc3c2CN(c2cc(C(C)C)ccc2C)CC3)CC1(C)C. The Bertz CT molecular complexity index is 1550. The van der Waals surface area contributed by atoms with Gasteiger partial charge >= 0.3 is 0 Å². The van der Waals surface area contributed by atoms with Gasteiger partial charge in [-0.25, -0.2) is 9.97 Å². The van der Waals surface area contributed by atoms with Gasteiger partial charge < -0.3 is 14.5 Å². The minimum absolute atomic E-state index is 0.0174. The first kappa shape index (κ1) is 26.8. The zero-order valence-corrected chi connectivity index (χ0v) is 25.0. The lowest BCUT2D eigenvalue weighted by atomic mass is 9.81. The first-order chi connectivity index (χ1) is 19.2. The van der Waals surface area contributed by atoms with Gasteiger partial charge in [-0.15, -0.1) is 0 Å². The summed E-state index contributed by atoms with van der Waals surface area (Å²) in [7, 11) is 3.83. The first-order valence-corrected chi connectivity index (χ1v) is 14.6. The van der Waals surface area contributed by atoms with E-state index in [9.17, 15) is 0 Å². The van der Waals surface area contributed by atoms with Crippen LogP contribution in [0.2, 0.25) is 0 Å². The van der Waals surface area contributed by atoms with Crippen LogP contribution in [0.25, 0.3) is 22.3 Å². The van der Waals surface area contributed by atoms with Crippen molar-refractivity contribution in [1.82, 2.24) is 19.7 Å². The number of aryl methyl sites for hydroxylation is 2. The highest BCUT2D eigenvalue weighted by Gasteiger charge is 2.38. The second-order valence-electron chi connectivity index (χ2n) is 12.6. The van der Waals surface area contributed by atoms with Crippen molar-refractivity contribution in [3.05, 3.63) is 65.0 Å². The molecular formula is C33H42N6O. The molecule has 2 aromatic carbocycles. The fourth-order valence-electron chi connectivity index (χ4n) is 6.68. The molecule has 1 fully saturated rings. The number of hydrogen-bond acceptors (Lipinski definition) is 6. The summed E-state index contributed by atoms with van der Waals surface area (Å²) in [5.41, 5.74) is 8.57. The van der Waals surface area contributed by atoms with E-state index >= 15 is 0 Å². The molecule has 7 nitrogen and oxygen atoms in total. The van der Waals surface area contributed by atoms with Crippen molar-refractivity contribution in [2.24, 2.45) is 12.5 Å². The zero-order valence-electron chi connectivity index (χ0n) is 25.0. The molecule has 7 heteroatoms. The number of para-hydroxylation sites is 1. The third-order valence-corrected chi connectivity index (χ3v) is 9.00. The average molecular weight is 539 g/mol. The van der Waals surface area contributed by atoms with Crippen LogP contribution in [-0.4, -0.2) is 52.6 Å². The topological polar surface area (TPSA) is 59.3 Å². The van der Waals surface area contributed by atoms with E-state index in [0.29, 0.717) is 5.92 Å². The lowest BCUT2D eigenvalue weighted by Crippen LogP contribution is -2.50. The molecule has 2 aromatic heterocycles. The molecule has 0 bridgehead atoms. The molecule has 0 radical (unpaired) electrons. The number of benzene rings is 2. The van der Waals surface area contributed by atoms with E-state index in [-0.39, 0.29) is 11.5 Å². The normalized spacial score (nSPS) is 18.9. The van der Waals surface area contributed by atoms with Crippen LogP contribution >= 0.6 is 0 Å². The van der Waals surface area contributed by atoms with Crippen molar-refractivity contribution in [1.29, 1.82) is 0 Å². The Labute approximate surface area is 238 Å².